The molecule has 2 aliphatic heterocycles. The van der Waals surface area contributed by atoms with E-state index in [9.17, 15) is 4.79 Å². The molecule has 0 amide bonds. The zero-order valence-corrected chi connectivity index (χ0v) is 16.1. The van der Waals surface area contributed by atoms with E-state index < -0.39 is 0 Å². The first kappa shape index (κ1) is 17.2. The molecular weight excluding hydrogens is 360 g/mol. The summed E-state index contributed by atoms with van der Waals surface area (Å²) in [6, 6.07) is 8.07. The number of hydrogen-bond acceptors (Lipinski definition) is 6. The van der Waals surface area contributed by atoms with Gasteiger partial charge in [0.2, 0.25) is 6.79 Å². The highest BCUT2D eigenvalue weighted by Gasteiger charge is 2.48. The van der Waals surface area contributed by atoms with Crippen LogP contribution in [-0.4, -0.2) is 33.6 Å². The van der Waals surface area contributed by atoms with Crippen LogP contribution in [0.15, 0.2) is 24.3 Å². The summed E-state index contributed by atoms with van der Waals surface area (Å²) in [6.07, 6.45) is 0.791. The second-order valence-electron chi connectivity index (χ2n) is 7.55. The van der Waals surface area contributed by atoms with Crippen molar-refractivity contribution in [2.24, 2.45) is 11.8 Å². The van der Waals surface area contributed by atoms with Gasteiger partial charge in [0, 0.05) is 17.4 Å². The van der Waals surface area contributed by atoms with Gasteiger partial charge in [-0.05, 0) is 54.3 Å². The van der Waals surface area contributed by atoms with E-state index in [1.807, 2.05) is 31.2 Å². The van der Waals surface area contributed by atoms with Crippen LogP contribution < -0.4 is 18.9 Å². The fourth-order valence-corrected chi connectivity index (χ4v) is 4.79. The van der Waals surface area contributed by atoms with Crippen LogP contribution in [0.4, 0.5) is 0 Å². The lowest BCUT2D eigenvalue weighted by Crippen LogP contribution is -2.31. The number of hydrogen-bond donors (Lipinski definition) is 0. The second kappa shape index (κ2) is 6.33. The minimum absolute atomic E-state index is 0.142. The molecule has 1 aliphatic carbocycles. The topological polar surface area (TPSA) is 63.2 Å². The van der Waals surface area contributed by atoms with Crippen molar-refractivity contribution in [1.29, 1.82) is 0 Å². The molecule has 0 saturated carbocycles. The number of fused-ring (bicyclic) bond motifs is 3. The first-order valence-electron chi connectivity index (χ1n) is 9.42. The normalized spacial score (nSPS) is 24.4. The maximum Gasteiger partial charge on any atom is 0.310 e. The van der Waals surface area contributed by atoms with E-state index in [4.69, 9.17) is 23.7 Å². The number of esters is 1. The molecule has 0 radical (unpaired) electrons. The predicted molar refractivity (Wildman–Crippen MR) is 100 cm³/mol. The number of cyclic esters (lactones) is 1. The van der Waals surface area contributed by atoms with Gasteiger partial charge in [0.15, 0.2) is 11.5 Å². The molecule has 0 bridgehead atoms. The molecule has 28 heavy (non-hydrogen) atoms. The monoisotopic (exact) mass is 382 g/mol. The lowest BCUT2D eigenvalue weighted by Gasteiger charge is -2.34. The van der Waals surface area contributed by atoms with Crippen molar-refractivity contribution >= 4 is 5.97 Å². The Morgan fingerprint density at radius 2 is 1.64 bits per heavy atom. The van der Waals surface area contributed by atoms with E-state index in [2.05, 4.69) is 0 Å². The highest BCUT2D eigenvalue weighted by atomic mass is 16.7. The average Bonchev–Trinajstić information content (AvgIpc) is 3.31. The minimum atomic E-state index is -0.231. The van der Waals surface area contributed by atoms with Crippen LogP contribution in [0.3, 0.4) is 0 Å². The molecule has 5 rings (SSSR count). The van der Waals surface area contributed by atoms with Crippen LogP contribution in [0.1, 0.15) is 28.2 Å². The molecule has 0 N–H and O–H groups in total. The summed E-state index contributed by atoms with van der Waals surface area (Å²) in [5.74, 6) is 2.59. The SMILES string of the molecule is COc1cc(C2c3cc4c(cc3CC3COC(=O)C32)OCO4)cc(OC)c1C. The molecule has 2 aromatic rings. The van der Waals surface area contributed by atoms with Crippen molar-refractivity contribution in [2.45, 2.75) is 19.3 Å². The zero-order valence-electron chi connectivity index (χ0n) is 16.1. The third-order valence-electron chi connectivity index (χ3n) is 6.16. The van der Waals surface area contributed by atoms with Gasteiger partial charge in [0.1, 0.15) is 11.5 Å². The maximum absolute atomic E-state index is 12.7. The van der Waals surface area contributed by atoms with E-state index >= 15 is 0 Å². The van der Waals surface area contributed by atoms with Crippen LogP contribution in [0.5, 0.6) is 23.0 Å². The highest BCUT2D eigenvalue weighted by molar-refractivity contribution is 5.78. The number of methoxy groups -OCH3 is 2. The van der Waals surface area contributed by atoms with Crippen molar-refractivity contribution < 1.29 is 28.5 Å². The number of carbonyl (C=O) groups is 1. The first-order chi connectivity index (χ1) is 13.6. The summed E-state index contributed by atoms with van der Waals surface area (Å²) in [4.78, 5) is 12.7. The molecule has 6 heteroatoms. The summed E-state index contributed by atoms with van der Waals surface area (Å²) in [6.45, 7) is 2.64. The number of rotatable bonds is 3. The van der Waals surface area contributed by atoms with E-state index in [-0.39, 0.29) is 30.5 Å². The van der Waals surface area contributed by atoms with Crippen molar-refractivity contribution in [1.82, 2.24) is 0 Å². The van der Waals surface area contributed by atoms with Gasteiger partial charge in [-0.15, -0.1) is 0 Å². The molecule has 1 fully saturated rings. The van der Waals surface area contributed by atoms with Gasteiger partial charge in [-0.1, -0.05) is 0 Å². The Labute approximate surface area is 163 Å². The molecule has 0 aromatic heterocycles. The fraction of sp³-hybridized carbons (Fsp3) is 0.409. The van der Waals surface area contributed by atoms with Gasteiger partial charge >= 0.3 is 5.97 Å². The molecule has 1 saturated heterocycles. The molecule has 2 aromatic carbocycles. The number of ether oxygens (including phenoxy) is 5. The third kappa shape index (κ3) is 2.44. The Bertz CT molecular complexity index is 941. The van der Waals surface area contributed by atoms with E-state index in [1.165, 1.54) is 5.56 Å². The zero-order chi connectivity index (χ0) is 19.4. The average molecular weight is 382 g/mol. The largest absolute Gasteiger partial charge is 0.496 e. The number of benzene rings is 2. The van der Waals surface area contributed by atoms with E-state index in [1.54, 1.807) is 14.2 Å². The highest BCUT2D eigenvalue weighted by Crippen LogP contribution is 2.51. The van der Waals surface area contributed by atoms with Crippen LogP contribution in [0.2, 0.25) is 0 Å². The molecule has 3 aliphatic rings. The standard InChI is InChI=1S/C22H22O6/c1-11-16(24-2)6-13(7-17(11)25-3)20-15-8-19-18(27-10-28-19)5-12(15)4-14-9-26-22(23)21(14)20/h5-8,14,20-21H,4,9-10H2,1-3H3. The Balaban J connectivity index is 1.72. The predicted octanol–water partition coefficient (Wildman–Crippen LogP) is 3.22. The van der Waals surface area contributed by atoms with Crippen molar-refractivity contribution in [2.75, 3.05) is 27.6 Å². The molecular formula is C22H22O6. The summed E-state index contributed by atoms with van der Waals surface area (Å²) in [7, 11) is 3.29. The lowest BCUT2D eigenvalue weighted by molar-refractivity contribution is -0.141. The van der Waals surface area contributed by atoms with Crippen molar-refractivity contribution in [3.8, 4) is 23.0 Å². The van der Waals surface area contributed by atoms with Crippen molar-refractivity contribution in [3.63, 3.8) is 0 Å². The minimum Gasteiger partial charge on any atom is -0.496 e. The van der Waals surface area contributed by atoms with Crippen LogP contribution >= 0.6 is 0 Å². The quantitative estimate of drug-likeness (QED) is 0.760. The van der Waals surface area contributed by atoms with Gasteiger partial charge in [0.25, 0.3) is 0 Å². The Kier molecular flexibility index (Phi) is 3.89. The Hall–Kier alpha value is -2.89. The van der Waals surface area contributed by atoms with Crippen LogP contribution in [0.25, 0.3) is 0 Å². The van der Waals surface area contributed by atoms with Gasteiger partial charge in [-0.2, -0.15) is 0 Å². The molecule has 3 unspecified atom stereocenters. The summed E-state index contributed by atoms with van der Waals surface area (Å²) < 4.78 is 27.8. The first-order valence-corrected chi connectivity index (χ1v) is 9.42. The summed E-state index contributed by atoms with van der Waals surface area (Å²) in [5, 5.41) is 0. The van der Waals surface area contributed by atoms with E-state index in [0.717, 1.165) is 46.1 Å². The molecule has 6 nitrogen and oxygen atoms in total. The van der Waals surface area contributed by atoms with Gasteiger partial charge in [-0.25, -0.2) is 0 Å². The second-order valence-corrected chi connectivity index (χ2v) is 7.55. The van der Waals surface area contributed by atoms with Gasteiger partial charge < -0.3 is 23.7 Å². The Morgan fingerprint density at radius 1 is 0.964 bits per heavy atom. The van der Waals surface area contributed by atoms with Crippen molar-refractivity contribution in [3.05, 3.63) is 46.5 Å². The summed E-state index contributed by atoms with van der Waals surface area (Å²) >= 11 is 0. The maximum atomic E-state index is 12.7. The molecule has 0 spiro atoms. The summed E-state index contributed by atoms with van der Waals surface area (Å²) in [5.41, 5.74) is 4.17. The van der Waals surface area contributed by atoms with Gasteiger partial charge in [0.05, 0.1) is 26.7 Å². The third-order valence-corrected chi connectivity index (χ3v) is 6.16. The Morgan fingerprint density at radius 3 is 2.32 bits per heavy atom. The van der Waals surface area contributed by atoms with Crippen LogP contribution in [-0.2, 0) is 16.0 Å². The van der Waals surface area contributed by atoms with Crippen LogP contribution in [0, 0.1) is 18.8 Å². The van der Waals surface area contributed by atoms with Gasteiger partial charge in [-0.3, -0.25) is 4.79 Å². The molecule has 3 atom stereocenters. The fourth-order valence-electron chi connectivity index (χ4n) is 4.79. The molecule has 146 valence electrons. The molecule has 2 heterocycles. The lowest BCUT2D eigenvalue weighted by atomic mass is 9.67. The number of carbonyl (C=O) groups excluding carboxylic acids is 1. The smallest absolute Gasteiger partial charge is 0.310 e. The van der Waals surface area contributed by atoms with E-state index in [0.29, 0.717) is 6.61 Å².